The van der Waals surface area contributed by atoms with Gasteiger partial charge in [-0.1, -0.05) is 0 Å². The Hall–Kier alpha value is -1.26. The van der Waals surface area contributed by atoms with E-state index in [4.69, 9.17) is 4.74 Å². The molecule has 1 aliphatic rings. The minimum absolute atomic E-state index is 0.146. The number of hydrogen-bond acceptors (Lipinski definition) is 3. The number of alkyl carbamates (subject to hydrolysis) is 1. The maximum absolute atomic E-state index is 11.7. The van der Waals surface area contributed by atoms with Crippen molar-refractivity contribution in [3.05, 3.63) is 0 Å². The van der Waals surface area contributed by atoms with Gasteiger partial charge < -0.3 is 15.4 Å². The first-order chi connectivity index (χ1) is 7.59. The molecule has 17 heavy (non-hydrogen) atoms. The summed E-state index contributed by atoms with van der Waals surface area (Å²) in [6.45, 7) is 9.30. The molecule has 1 aliphatic heterocycles. The molecular weight excluding hydrogens is 220 g/mol. The fourth-order valence-corrected chi connectivity index (χ4v) is 1.71. The summed E-state index contributed by atoms with van der Waals surface area (Å²) >= 11 is 0. The van der Waals surface area contributed by atoms with E-state index in [2.05, 4.69) is 10.6 Å². The Bertz CT molecular complexity index is 318. The van der Waals surface area contributed by atoms with Crippen molar-refractivity contribution >= 4 is 12.0 Å². The minimum atomic E-state index is -0.547. The topological polar surface area (TPSA) is 67.4 Å². The highest BCUT2D eigenvalue weighted by Gasteiger charge is 2.34. The van der Waals surface area contributed by atoms with E-state index in [1.807, 2.05) is 13.8 Å². The van der Waals surface area contributed by atoms with Crippen molar-refractivity contribution in [3.8, 4) is 0 Å². The lowest BCUT2D eigenvalue weighted by molar-refractivity contribution is -0.127. The number of ether oxygens (including phenoxy) is 1. The van der Waals surface area contributed by atoms with Gasteiger partial charge in [-0.15, -0.1) is 0 Å². The Morgan fingerprint density at radius 2 is 2.06 bits per heavy atom. The second kappa shape index (κ2) is 4.55. The lowest BCUT2D eigenvalue weighted by atomic mass is 9.90. The molecule has 1 fully saturated rings. The Balaban J connectivity index is 2.48. The van der Waals surface area contributed by atoms with Crippen LogP contribution in [0, 0.1) is 0 Å². The van der Waals surface area contributed by atoms with Gasteiger partial charge in [0.15, 0.2) is 0 Å². The van der Waals surface area contributed by atoms with Crippen LogP contribution >= 0.6 is 0 Å². The molecule has 0 spiro atoms. The van der Waals surface area contributed by atoms with Gasteiger partial charge in [0, 0.05) is 5.54 Å². The maximum Gasteiger partial charge on any atom is 0.408 e. The third kappa shape index (κ3) is 4.63. The largest absolute Gasteiger partial charge is 0.444 e. The first kappa shape index (κ1) is 13.8. The minimum Gasteiger partial charge on any atom is -0.444 e. The van der Waals surface area contributed by atoms with Crippen LogP contribution in [0.2, 0.25) is 0 Å². The molecule has 2 N–H and O–H groups in total. The molecule has 5 heteroatoms. The van der Waals surface area contributed by atoms with E-state index in [9.17, 15) is 9.59 Å². The SMILES string of the molecule is CC1(C)CC[C@@H](NC(=O)OC(C)(C)C)C(=O)N1. The van der Waals surface area contributed by atoms with Crippen molar-refractivity contribution in [2.75, 3.05) is 0 Å². The van der Waals surface area contributed by atoms with Crippen LogP contribution < -0.4 is 10.6 Å². The highest BCUT2D eigenvalue weighted by atomic mass is 16.6. The highest BCUT2D eigenvalue weighted by Crippen LogP contribution is 2.19. The molecule has 0 aromatic heterocycles. The van der Waals surface area contributed by atoms with Crippen LogP contribution in [-0.2, 0) is 9.53 Å². The smallest absolute Gasteiger partial charge is 0.408 e. The van der Waals surface area contributed by atoms with Crippen molar-refractivity contribution in [1.29, 1.82) is 0 Å². The fourth-order valence-electron chi connectivity index (χ4n) is 1.71. The standard InChI is InChI=1S/C12H22N2O3/c1-11(2,3)17-10(16)13-8-6-7-12(4,5)14-9(8)15/h8H,6-7H2,1-5H3,(H,13,16)(H,14,15)/t8-/m1/s1. The molecule has 1 atom stereocenters. The number of carbonyl (C=O) groups is 2. The first-order valence-electron chi connectivity index (χ1n) is 5.91. The molecule has 0 aliphatic carbocycles. The number of carbonyl (C=O) groups excluding carboxylic acids is 2. The molecule has 0 unspecified atom stereocenters. The van der Waals surface area contributed by atoms with Crippen LogP contribution in [0.25, 0.3) is 0 Å². The average molecular weight is 242 g/mol. The molecule has 0 aromatic rings. The molecule has 2 amide bonds. The number of nitrogens with one attached hydrogen (secondary N) is 2. The van der Waals surface area contributed by atoms with Crippen LogP contribution in [0.4, 0.5) is 4.79 Å². The van der Waals surface area contributed by atoms with E-state index < -0.39 is 17.7 Å². The van der Waals surface area contributed by atoms with Crippen LogP contribution in [0.5, 0.6) is 0 Å². The van der Waals surface area contributed by atoms with E-state index in [1.165, 1.54) is 0 Å². The van der Waals surface area contributed by atoms with Crippen LogP contribution in [0.1, 0.15) is 47.5 Å². The van der Waals surface area contributed by atoms with E-state index in [1.54, 1.807) is 20.8 Å². The summed E-state index contributed by atoms with van der Waals surface area (Å²) in [6.07, 6.45) is 0.925. The summed E-state index contributed by atoms with van der Waals surface area (Å²) in [5.41, 5.74) is -0.738. The van der Waals surface area contributed by atoms with Gasteiger partial charge in [-0.3, -0.25) is 4.79 Å². The maximum atomic E-state index is 11.7. The first-order valence-corrected chi connectivity index (χ1v) is 5.91. The van der Waals surface area contributed by atoms with Gasteiger partial charge in [-0.05, 0) is 47.5 Å². The molecular formula is C12H22N2O3. The molecule has 1 rings (SSSR count). The third-order valence-corrected chi connectivity index (χ3v) is 2.53. The van der Waals surface area contributed by atoms with E-state index in [-0.39, 0.29) is 11.4 Å². The molecule has 0 saturated carbocycles. The quantitative estimate of drug-likeness (QED) is 0.733. The Kier molecular flexibility index (Phi) is 3.69. The molecule has 98 valence electrons. The Morgan fingerprint density at radius 3 is 2.53 bits per heavy atom. The summed E-state index contributed by atoms with van der Waals surface area (Å²) in [4.78, 5) is 23.3. The van der Waals surface area contributed by atoms with Crippen molar-refractivity contribution in [2.45, 2.75) is 64.6 Å². The molecule has 0 aromatic carbocycles. The second-order valence-electron chi connectivity index (χ2n) is 6.11. The Labute approximate surface area is 102 Å². The van der Waals surface area contributed by atoms with Gasteiger partial charge in [-0.2, -0.15) is 0 Å². The molecule has 1 heterocycles. The summed E-state index contributed by atoms with van der Waals surface area (Å²) in [5, 5.41) is 5.45. The lowest BCUT2D eigenvalue weighted by Crippen LogP contribution is -2.58. The van der Waals surface area contributed by atoms with Gasteiger partial charge in [-0.25, -0.2) is 4.79 Å². The Morgan fingerprint density at radius 1 is 1.47 bits per heavy atom. The normalized spacial score (nSPS) is 23.8. The molecule has 0 bridgehead atoms. The second-order valence-corrected chi connectivity index (χ2v) is 6.11. The number of rotatable bonds is 1. The summed E-state index contributed by atoms with van der Waals surface area (Å²) < 4.78 is 5.11. The lowest BCUT2D eigenvalue weighted by Gasteiger charge is -2.35. The van der Waals surface area contributed by atoms with Gasteiger partial charge in [0.25, 0.3) is 0 Å². The summed E-state index contributed by atoms with van der Waals surface area (Å²) in [6, 6.07) is -0.488. The molecule has 1 saturated heterocycles. The van der Waals surface area contributed by atoms with Gasteiger partial charge in [0.1, 0.15) is 11.6 Å². The molecule has 0 radical (unpaired) electrons. The van der Waals surface area contributed by atoms with Crippen molar-refractivity contribution in [3.63, 3.8) is 0 Å². The number of piperidine rings is 1. The van der Waals surface area contributed by atoms with Gasteiger partial charge >= 0.3 is 6.09 Å². The summed E-state index contributed by atoms with van der Waals surface area (Å²) in [5.74, 6) is -0.146. The van der Waals surface area contributed by atoms with Crippen LogP contribution in [0.3, 0.4) is 0 Å². The average Bonchev–Trinajstić information content (AvgIpc) is 2.06. The fraction of sp³-hybridized carbons (Fsp3) is 0.833. The van der Waals surface area contributed by atoms with Crippen molar-refractivity contribution in [1.82, 2.24) is 10.6 Å². The number of hydrogen-bond donors (Lipinski definition) is 2. The number of amides is 2. The summed E-state index contributed by atoms with van der Waals surface area (Å²) in [7, 11) is 0. The zero-order valence-corrected chi connectivity index (χ0v) is 11.2. The van der Waals surface area contributed by atoms with E-state index >= 15 is 0 Å². The molecule has 5 nitrogen and oxygen atoms in total. The van der Waals surface area contributed by atoms with Crippen LogP contribution in [-0.4, -0.2) is 29.2 Å². The zero-order valence-electron chi connectivity index (χ0n) is 11.2. The third-order valence-electron chi connectivity index (χ3n) is 2.53. The predicted molar refractivity (Wildman–Crippen MR) is 64.6 cm³/mol. The van der Waals surface area contributed by atoms with Gasteiger partial charge in [0.2, 0.25) is 5.91 Å². The van der Waals surface area contributed by atoms with Crippen molar-refractivity contribution < 1.29 is 14.3 Å². The zero-order chi connectivity index (χ0) is 13.3. The monoisotopic (exact) mass is 242 g/mol. The van der Waals surface area contributed by atoms with E-state index in [0.717, 1.165) is 6.42 Å². The van der Waals surface area contributed by atoms with Crippen LogP contribution in [0.15, 0.2) is 0 Å². The van der Waals surface area contributed by atoms with Crippen molar-refractivity contribution in [2.24, 2.45) is 0 Å². The predicted octanol–water partition coefficient (Wildman–Crippen LogP) is 1.57. The van der Waals surface area contributed by atoms with E-state index in [0.29, 0.717) is 6.42 Å². The highest BCUT2D eigenvalue weighted by molar-refractivity contribution is 5.86. The van der Waals surface area contributed by atoms with Gasteiger partial charge in [0.05, 0.1) is 0 Å².